The molecule has 4 heterocycles. The highest BCUT2D eigenvalue weighted by Gasteiger charge is 2.49. The van der Waals surface area contributed by atoms with Gasteiger partial charge >= 0.3 is 0 Å². The van der Waals surface area contributed by atoms with Crippen molar-refractivity contribution in [3.8, 4) is 0 Å². The molecule has 25 heavy (non-hydrogen) atoms. The van der Waals surface area contributed by atoms with Crippen molar-refractivity contribution in [1.29, 1.82) is 0 Å². The van der Waals surface area contributed by atoms with Gasteiger partial charge in [0, 0.05) is 50.2 Å². The van der Waals surface area contributed by atoms with Crippen LogP contribution in [0.2, 0.25) is 0 Å². The molecule has 1 spiro atoms. The van der Waals surface area contributed by atoms with Crippen LogP contribution in [0.25, 0.3) is 0 Å². The van der Waals surface area contributed by atoms with Gasteiger partial charge in [-0.1, -0.05) is 0 Å². The lowest BCUT2D eigenvalue weighted by molar-refractivity contribution is -0.120. The van der Waals surface area contributed by atoms with Crippen molar-refractivity contribution in [2.45, 2.75) is 30.7 Å². The van der Waals surface area contributed by atoms with Crippen LogP contribution in [0.4, 0.5) is 0 Å². The van der Waals surface area contributed by atoms with E-state index in [1.165, 1.54) is 12.4 Å². The van der Waals surface area contributed by atoms with Gasteiger partial charge in [0.1, 0.15) is 5.69 Å². The van der Waals surface area contributed by atoms with E-state index in [-0.39, 0.29) is 23.3 Å². The van der Waals surface area contributed by atoms with Gasteiger partial charge in [0.15, 0.2) is 0 Å². The Balaban J connectivity index is 1.51. The second kappa shape index (κ2) is 6.23. The molecule has 0 aliphatic carbocycles. The zero-order valence-electron chi connectivity index (χ0n) is 13.8. The quantitative estimate of drug-likeness (QED) is 0.888. The lowest BCUT2D eigenvalue weighted by atomic mass is 9.74. The second-order valence-electron chi connectivity index (χ2n) is 6.62. The molecule has 1 N–H and O–H groups in total. The lowest BCUT2D eigenvalue weighted by Gasteiger charge is -2.42. The number of amides is 2. The number of likely N-dealkylation sites (tertiary alicyclic amines) is 1. The number of carbonyl (C=O) groups excluding carboxylic acids is 2. The molecule has 4 rings (SSSR count). The molecule has 7 nitrogen and oxygen atoms in total. The largest absolute Gasteiger partial charge is 0.350 e. The van der Waals surface area contributed by atoms with E-state index in [2.05, 4.69) is 20.3 Å². The van der Waals surface area contributed by atoms with Crippen molar-refractivity contribution in [3.05, 3.63) is 54.4 Å². The van der Waals surface area contributed by atoms with Gasteiger partial charge in [-0.25, -0.2) is 4.98 Å². The van der Waals surface area contributed by atoms with Crippen molar-refractivity contribution in [3.63, 3.8) is 0 Å². The molecule has 0 unspecified atom stereocenters. The van der Waals surface area contributed by atoms with Crippen molar-refractivity contribution < 1.29 is 9.59 Å². The van der Waals surface area contributed by atoms with Crippen LogP contribution in [0.15, 0.2) is 43.1 Å². The number of piperidine rings is 1. The Bertz CT molecular complexity index is 773. The lowest BCUT2D eigenvalue weighted by Crippen LogP contribution is -2.54. The second-order valence-corrected chi connectivity index (χ2v) is 6.62. The molecule has 2 aromatic rings. The van der Waals surface area contributed by atoms with Gasteiger partial charge in [0.05, 0.1) is 11.7 Å². The average molecular weight is 337 g/mol. The molecular formula is C18H19N5O2. The van der Waals surface area contributed by atoms with Gasteiger partial charge in [-0.3, -0.25) is 19.6 Å². The van der Waals surface area contributed by atoms with E-state index < -0.39 is 0 Å². The van der Waals surface area contributed by atoms with Crippen LogP contribution < -0.4 is 5.32 Å². The number of hydrogen-bond donors (Lipinski definition) is 1. The molecule has 2 aliphatic rings. The summed E-state index contributed by atoms with van der Waals surface area (Å²) in [5, 5.41) is 3.19. The summed E-state index contributed by atoms with van der Waals surface area (Å²) in [7, 11) is 0. The van der Waals surface area contributed by atoms with Crippen LogP contribution in [0.3, 0.4) is 0 Å². The van der Waals surface area contributed by atoms with E-state index in [0.717, 1.165) is 18.4 Å². The SMILES string of the molecule is O=C1C[C@@H](c2ccncc2)C2(CCN(C(=O)c3cnccn3)CC2)N1. The fourth-order valence-corrected chi connectivity index (χ4v) is 3.98. The van der Waals surface area contributed by atoms with Crippen LogP contribution in [-0.4, -0.2) is 50.3 Å². The Morgan fingerprint density at radius 2 is 1.88 bits per heavy atom. The van der Waals surface area contributed by atoms with Gasteiger partial charge in [0.25, 0.3) is 5.91 Å². The van der Waals surface area contributed by atoms with E-state index in [9.17, 15) is 9.59 Å². The molecule has 0 aromatic carbocycles. The first-order valence-electron chi connectivity index (χ1n) is 8.44. The van der Waals surface area contributed by atoms with E-state index in [0.29, 0.717) is 25.2 Å². The number of nitrogens with zero attached hydrogens (tertiary/aromatic N) is 4. The minimum absolute atomic E-state index is 0.0792. The van der Waals surface area contributed by atoms with Gasteiger partial charge in [0.2, 0.25) is 5.91 Å². The molecule has 1 atom stereocenters. The highest BCUT2D eigenvalue weighted by Crippen LogP contribution is 2.43. The van der Waals surface area contributed by atoms with Crippen molar-refractivity contribution >= 4 is 11.8 Å². The molecule has 0 radical (unpaired) electrons. The Labute approximate surface area is 145 Å². The van der Waals surface area contributed by atoms with Gasteiger partial charge in [-0.05, 0) is 30.5 Å². The molecule has 0 bridgehead atoms. The third-order valence-electron chi connectivity index (χ3n) is 5.28. The number of carbonyl (C=O) groups is 2. The fraction of sp³-hybridized carbons (Fsp3) is 0.389. The molecule has 0 saturated carbocycles. The average Bonchev–Trinajstić information content (AvgIpc) is 2.99. The summed E-state index contributed by atoms with van der Waals surface area (Å²) >= 11 is 0. The smallest absolute Gasteiger partial charge is 0.274 e. The van der Waals surface area contributed by atoms with E-state index in [4.69, 9.17) is 0 Å². The van der Waals surface area contributed by atoms with Crippen LogP contribution in [0, 0.1) is 0 Å². The maximum Gasteiger partial charge on any atom is 0.274 e. The minimum Gasteiger partial charge on any atom is -0.350 e. The van der Waals surface area contributed by atoms with Gasteiger partial charge in [-0.15, -0.1) is 0 Å². The Morgan fingerprint density at radius 1 is 1.12 bits per heavy atom. The molecule has 2 fully saturated rings. The zero-order valence-corrected chi connectivity index (χ0v) is 13.8. The molecule has 2 aromatic heterocycles. The van der Waals surface area contributed by atoms with E-state index in [1.807, 2.05) is 12.1 Å². The van der Waals surface area contributed by atoms with E-state index in [1.54, 1.807) is 23.5 Å². The zero-order chi connectivity index (χ0) is 17.3. The topological polar surface area (TPSA) is 88.1 Å². The normalized spacial score (nSPS) is 22.0. The summed E-state index contributed by atoms with van der Waals surface area (Å²) < 4.78 is 0. The predicted molar refractivity (Wildman–Crippen MR) is 89.6 cm³/mol. The van der Waals surface area contributed by atoms with Crippen LogP contribution in [0.1, 0.15) is 41.2 Å². The third-order valence-corrected chi connectivity index (χ3v) is 5.28. The number of hydrogen-bond acceptors (Lipinski definition) is 5. The Morgan fingerprint density at radius 3 is 2.56 bits per heavy atom. The van der Waals surface area contributed by atoms with Gasteiger partial charge < -0.3 is 10.2 Å². The molecule has 2 aliphatic heterocycles. The highest BCUT2D eigenvalue weighted by atomic mass is 16.2. The number of nitrogens with one attached hydrogen (secondary N) is 1. The molecule has 2 saturated heterocycles. The summed E-state index contributed by atoms with van der Waals surface area (Å²) in [5.41, 5.74) is 1.21. The molecule has 7 heteroatoms. The summed E-state index contributed by atoms with van der Waals surface area (Å²) in [4.78, 5) is 38.6. The maximum atomic E-state index is 12.5. The number of rotatable bonds is 2. The van der Waals surface area contributed by atoms with Crippen LogP contribution >= 0.6 is 0 Å². The molecule has 2 amide bonds. The standard InChI is InChI=1S/C18H19N5O2/c24-16-11-14(13-1-5-19-6-2-13)18(22-16)3-9-23(10-4-18)17(25)15-12-20-7-8-21-15/h1-2,5-8,12,14H,3-4,9-11H2,(H,22,24)/t14-/m0/s1. The monoisotopic (exact) mass is 337 g/mol. The van der Waals surface area contributed by atoms with Gasteiger partial charge in [-0.2, -0.15) is 0 Å². The summed E-state index contributed by atoms with van der Waals surface area (Å²) in [6, 6.07) is 3.95. The fourth-order valence-electron chi connectivity index (χ4n) is 3.98. The summed E-state index contributed by atoms with van der Waals surface area (Å²) in [6.07, 6.45) is 10.0. The van der Waals surface area contributed by atoms with Crippen LogP contribution in [0.5, 0.6) is 0 Å². The van der Waals surface area contributed by atoms with Crippen molar-refractivity contribution in [1.82, 2.24) is 25.2 Å². The van der Waals surface area contributed by atoms with Crippen molar-refractivity contribution in [2.24, 2.45) is 0 Å². The number of pyridine rings is 1. The maximum absolute atomic E-state index is 12.5. The Hall–Kier alpha value is -2.83. The van der Waals surface area contributed by atoms with Crippen LogP contribution in [-0.2, 0) is 4.79 Å². The molecule has 128 valence electrons. The minimum atomic E-state index is -0.280. The number of aromatic nitrogens is 3. The predicted octanol–water partition coefficient (Wildman–Crippen LogP) is 1.15. The third kappa shape index (κ3) is 2.86. The molecular weight excluding hydrogens is 318 g/mol. The van der Waals surface area contributed by atoms with Crippen molar-refractivity contribution in [2.75, 3.05) is 13.1 Å². The van der Waals surface area contributed by atoms with E-state index >= 15 is 0 Å². The first-order valence-corrected chi connectivity index (χ1v) is 8.44. The highest BCUT2D eigenvalue weighted by molar-refractivity contribution is 5.92. The first-order chi connectivity index (χ1) is 12.2. The first kappa shape index (κ1) is 15.7. The summed E-state index contributed by atoms with van der Waals surface area (Å²) in [5.74, 6) is 0.0972. The Kier molecular flexibility index (Phi) is 3.91. The summed E-state index contributed by atoms with van der Waals surface area (Å²) in [6.45, 7) is 1.19.